The monoisotopic (exact) mass is 418 g/mol. The van der Waals surface area contributed by atoms with E-state index in [4.69, 9.17) is 5.11 Å². The zero-order valence-electron chi connectivity index (χ0n) is 14.3. The van der Waals surface area contributed by atoms with Crippen molar-refractivity contribution >= 4 is 46.5 Å². The van der Waals surface area contributed by atoms with Crippen molar-refractivity contribution in [2.45, 2.75) is 4.90 Å². The molecule has 0 saturated carbocycles. The van der Waals surface area contributed by atoms with E-state index in [-0.39, 0.29) is 5.82 Å². The molecule has 0 bridgehead atoms. The van der Waals surface area contributed by atoms with Gasteiger partial charge in [-0.2, -0.15) is 0 Å². The molecule has 0 aliphatic carbocycles. The highest BCUT2D eigenvalue weighted by Gasteiger charge is 2.20. The van der Waals surface area contributed by atoms with Crippen LogP contribution in [0.25, 0.3) is 11.4 Å². The molecule has 5 N–H and O–H groups in total. The molecule has 0 aliphatic heterocycles. The number of aromatic hydroxyl groups is 1. The second kappa shape index (κ2) is 8.15. The fourth-order valence-corrected chi connectivity index (χ4v) is 3.66. The Kier molecular flexibility index (Phi) is 5.66. The Morgan fingerprint density at radius 2 is 1.89 bits per heavy atom. The van der Waals surface area contributed by atoms with Gasteiger partial charge in [0, 0.05) is 15.7 Å². The summed E-state index contributed by atoms with van der Waals surface area (Å²) in [7, 11) is 0. The molecule has 1 aromatic carbocycles. The number of carbonyl (C=O) groups is 2. The first-order chi connectivity index (χ1) is 13.4. The van der Waals surface area contributed by atoms with Crippen molar-refractivity contribution in [1.82, 2.24) is 9.97 Å². The number of carboxylic acids is 1. The molecule has 144 valence electrons. The van der Waals surface area contributed by atoms with E-state index in [9.17, 15) is 19.5 Å². The van der Waals surface area contributed by atoms with Crippen LogP contribution in [0.5, 0.6) is 5.75 Å². The second-order valence-electron chi connectivity index (χ2n) is 5.40. The van der Waals surface area contributed by atoms with E-state index in [1.165, 1.54) is 23.1 Å². The molecule has 0 unspecified atom stereocenters. The number of anilines is 2. The number of rotatable bonds is 5. The molecule has 9 nitrogen and oxygen atoms in total. The minimum atomic E-state index is -1.54. The summed E-state index contributed by atoms with van der Waals surface area (Å²) >= 11 is 2.71. The Morgan fingerprint density at radius 3 is 2.61 bits per heavy atom. The Hall–Kier alpha value is -3.31. The second-order valence-corrected chi connectivity index (χ2v) is 6.99. The summed E-state index contributed by atoms with van der Waals surface area (Å²) < 4.78 is 0. The van der Waals surface area contributed by atoms with Gasteiger partial charge in [0.25, 0.3) is 5.56 Å². The van der Waals surface area contributed by atoms with Gasteiger partial charge in [0.2, 0.25) is 5.75 Å². The van der Waals surface area contributed by atoms with Gasteiger partial charge in [-0.1, -0.05) is 12.1 Å². The molecule has 0 saturated heterocycles. The van der Waals surface area contributed by atoms with E-state index >= 15 is 0 Å². The normalized spacial score (nSPS) is 10.5. The van der Waals surface area contributed by atoms with Crippen molar-refractivity contribution in [1.29, 1.82) is 0 Å². The first-order valence-electron chi connectivity index (χ1n) is 7.75. The summed E-state index contributed by atoms with van der Waals surface area (Å²) in [6.45, 7) is 0. The standard InChI is InChI=1S/C17H14N4O5S2/c1-27-11-5-3-2-4-9(11)18-17(26)19-10-7-28-6-8(10)14-20-12(16(24)25)13(22)15(23)21-14/h2-7,22H,1H3,(H,24,25)(H2,18,19,26)(H,20,21,23). The van der Waals surface area contributed by atoms with Gasteiger partial charge >= 0.3 is 12.0 Å². The smallest absolute Gasteiger partial charge is 0.358 e. The largest absolute Gasteiger partial charge is 0.501 e. The highest BCUT2D eigenvalue weighted by molar-refractivity contribution is 7.98. The number of urea groups is 1. The quantitative estimate of drug-likeness (QED) is 0.400. The average molecular weight is 418 g/mol. The predicted molar refractivity (Wildman–Crippen MR) is 108 cm³/mol. The Balaban J connectivity index is 1.88. The molecule has 2 aromatic heterocycles. The summed E-state index contributed by atoms with van der Waals surface area (Å²) in [5, 5.41) is 27.2. The molecule has 2 heterocycles. The topological polar surface area (TPSA) is 144 Å². The summed E-state index contributed by atoms with van der Waals surface area (Å²) in [6, 6.07) is 6.77. The number of thioether (sulfide) groups is 1. The summed E-state index contributed by atoms with van der Waals surface area (Å²) in [5.74, 6) is -2.60. The van der Waals surface area contributed by atoms with Crippen LogP contribution >= 0.6 is 23.1 Å². The fourth-order valence-electron chi connectivity index (χ4n) is 2.34. The molecule has 2 amide bonds. The van der Waals surface area contributed by atoms with Gasteiger partial charge in [-0.05, 0) is 18.4 Å². The van der Waals surface area contributed by atoms with Crippen LogP contribution in [0.15, 0.2) is 44.7 Å². The molecule has 0 fully saturated rings. The van der Waals surface area contributed by atoms with Gasteiger partial charge in [-0.25, -0.2) is 14.6 Å². The highest BCUT2D eigenvalue weighted by Crippen LogP contribution is 2.30. The van der Waals surface area contributed by atoms with Crippen LogP contribution in [0.4, 0.5) is 16.2 Å². The number of hydrogen-bond acceptors (Lipinski definition) is 7. The van der Waals surface area contributed by atoms with Gasteiger partial charge < -0.3 is 25.8 Å². The minimum Gasteiger partial charge on any atom is -0.501 e. The lowest BCUT2D eigenvalue weighted by atomic mass is 10.2. The average Bonchev–Trinajstić information content (AvgIpc) is 3.12. The third-order valence-electron chi connectivity index (χ3n) is 3.62. The van der Waals surface area contributed by atoms with Gasteiger partial charge in [0.1, 0.15) is 5.82 Å². The molecule has 3 aromatic rings. The number of carboxylic acid groups (broad SMARTS) is 1. The SMILES string of the molecule is CSc1ccccc1NC(=O)Nc1cscc1-c1nc(C(=O)O)c(O)c(=O)[nH]1. The lowest BCUT2D eigenvalue weighted by Gasteiger charge is -2.11. The lowest BCUT2D eigenvalue weighted by Crippen LogP contribution is -2.20. The molecule has 0 radical (unpaired) electrons. The highest BCUT2D eigenvalue weighted by atomic mass is 32.2. The van der Waals surface area contributed by atoms with Crippen molar-refractivity contribution in [3.8, 4) is 17.1 Å². The Morgan fingerprint density at radius 1 is 1.18 bits per heavy atom. The van der Waals surface area contributed by atoms with Crippen molar-refractivity contribution in [3.05, 3.63) is 51.1 Å². The van der Waals surface area contributed by atoms with Gasteiger partial charge in [-0.15, -0.1) is 23.1 Å². The number of aromatic amines is 1. The Labute approximate surface area is 166 Å². The summed E-state index contributed by atoms with van der Waals surface area (Å²) in [5.41, 5.74) is -0.479. The maximum atomic E-state index is 12.4. The van der Waals surface area contributed by atoms with Crippen LogP contribution in [0.1, 0.15) is 10.5 Å². The number of amides is 2. The fraction of sp³-hybridized carbons (Fsp3) is 0.0588. The third kappa shape index (κ3) is 4.00. The van der Waals surface area contributed by atoms with E-state index in [2.05, 4.69) is 20.6 Å². The number of thiophene rings is 1. The molecule has 0 atom stereocenters. The van der Waals surface area contributed by atoms with Crippen LogP contribution in [0.2, 0.25) is 0 Å². The number of benzene rings is 1. The predicted octanol–water partition coefficient (Wildman–Crippen LogP) is 3.27. The van der Waals surface area contributed by atoms with Crippen LogP contribution in [-0.2, 0) is 0 Å². The Bertz CT molecular complexity index is 1110. The first kappa shape index (κ1) is 19.5. The van der Waals surface area contributed by atoms with Crippen LogP contribution in [0, 0.1) is 0 Å². The van der Waals surface area contributed by atoms with E-state index < -0.39 is 29.0 Å². The summed E-state index contributed by atoms with van der Waals surface area (Å²) in [4.78, 5) is 42.3. The van der Waals surface area contributed by atoms with E-state index in [1.54, 1.807) is 22.9 Å². The van der Waals surface area contributed by atoms with Gasteiger partial charge in [0.05, 0.1) is 16.9 Å². The number of nitrogens with zero attached hydrogens (tertiary/aromatic N) is 1. The van der Waals surface area contributed by atoms with Crippen molar-refractivity contribution < 1.29 is 19.8 Å². The number of carbonyl (C=O) groups excluding carboxylic acids is 1. The molecular weight excluding hydrogens is 404 g/mol. The number of nitrogens with one attached hydrogen (secondary N) is 3. The molecule has 0 aliphatic rings. The van der Waals surface area contributed by atoms with E-state index in [0.29, 0.717) is 16.9 Å². The molecule has 3 rings (SSSR count). The van der Waals surface area contributed by atoms with Crippen molar-refractivity contribution in [2.75, 3.05) is 16.9 Å². The zero-order valence-corrected chi connectivity index (χ0v) is 16.0. The third-order valence-corrected chi connectivity index (χ3v) is 5.16. The number of hydrogen-bond donors (Lipinski definition) is 5. The number of para-hydroxylation sites is 1. The minimum absolute atomic E-state index is 0.0822. The maximum absolute atomic E-state index is 12.4. The molecular formula is C17H14N4O5S2. The number of aromatic nitrogens is 2. The molecule has 0 spiro atoms. The molecule has 11 heteroatoms. The van der Waals surface area contributed by atoms with Gasteiger partial charge in [0.15, 0.2) is 5.69 Å². The van der Waals surface area contributed by atoms with Crippen LogP contribution in [0.3, 0.4) is 0 Å². The van der Waals surface area contributed by atoms with Crippen molar-refractivity contribution in [2.24, 2.45) is 0 Å². The zero-order chi connectivity index (χ0) is 20.3. The van der Waals surface area contributed by atoms with Gasteiger partial charge in [-0.3, -0.25) is 4.79 Å². The van der Waals surface area contributed by atoms with E-state index in [0.717, 1.165) is 4.90 Å². The molecule has 28 heavy (non-hydrogen) atoms. The summed E-state index contributed by atoms with van der Waals surface area (Å²) in [6.07, 6.45) is 1.89. The van der Waals surface area contributed by atoms with Crippen LogP contribution < -0.4 is 16.2 Å². The van der Waals surface area contributed by atoms with Crippen LogP contribution in [-0.4, -0.2) is 38.4 Å². The number of aromatic carboxylic acids is 1. The maximum Gasteiger partial charge on any atom is 0.358 e. The number of H-pyrrole nitrogens is 1. The van der Waals surface area contributed by atoms with Crippen molar-refractivity contribution in [3.63, 3.8) is 0 Å². The van der Waals surface area contributed by atoms with E-state index in [1.807, 2.05) is 18.4 Å². The first-order valence-corrected chi connectivity index (χ1v) is 9.91. The lowest BCUT2D eigenvalue weighted by molar-refractivity contribution is 0.0686.